The third-order valence-corrected chi connectivity index (χ3v) is 9.28. The Labute approximate surface area is 252 Å². The molecule has 1 N–H and O–H groups in total. The predicted octanol–water partition coefficient (Wildman–Crippen LogP) is 7.44. The highest BCUT2D eigenvalue weighted by atomic mass is 32.2. The molecule has 1 aliphatic carbocycles. The van der Waals surface area contributed by atoms with Crippen molar-refractivity contribution in [3.8, 4) is 5.75 Å². The molecule has 8 nitrogen and oxygen atoms in total. The Balaban J connectivity index is 1.41. The Morgan fingerprint density at radius 2 is 1.91 bits per heavy atom. The van der Waals surface area contributed by atoms with Crippen molar-refractivity contribution in [1.82, 2.24) is 9.88 Å². The summed E-state index contributed by atoms with van der Waals surface area (Å²) in [5.74, 6) is 0.296. The maximum absolute atomic E-state index is 13.7. The number of carbonyl (C=O) groups excluding carboxylic acids is 1. The minimum atomic E-state index is -4.54. The summed E-state index contributed by atoms with van der Waals surface area (Å²) in [5.41, 5.74) is 1.10. The van der Waals surface area contributed by atoms with Gasteiger partial charge in [-0.1, -0.05) is 12.1 Å². The standard InChI is InChI=1S/C30H32F3N3O5S2/c1-29(2,3)41-28(37)36-14-11-19(12-15-36)24-18-21(30(31,32)33)7-10-26(24)40-25-6-4-5-20-17-22(8-9-23(20)25)43(38,39)35-27-34-13-16-42-27/h7-11,13,16-18,25H,4-6,12,14-15H2,1-3H3,(H,34,35). The molecule has 3 aromatic rings. The van der Waals surface area contributed by atoms with Crippen molar-refractivity contribution >= 4 is 38.2 Å². The molecule has 0 saturated carbocycles. The average molecular weight is 636 g/mol. The maximum atomic E-state index is 13.7. The number of nitrogens with one attached hydrogen (secondary N) is 1. The van der Waals surface area contributed by atoms with Crippen LogP contribution in [-0.2, 0) is 27.4 Å². The van der Waals surface area contributed by atoms with Crippen LogP contribution in [0.1, 0.15) is 68.4 Å². The van der Waals surface area contributed by atoms with Gasteiger partial charge in [-0.3, -0.25) is 4.72 Å². The van der Waals surface area contributed by atoms with E-state index < -0.39 is 39.6 Å². The van der Waals surface area contributed by atoms with Gasteiger partial charge in [0.05, 0.1) is 10.5 Å². The van der Waals surface area contributed by atoms with Crippen molar-refractivity contribution in [3.05, 3.63) is 76.3 Å². The van der Waals surface area contributed by atoms with Crippen LogP contribution >= 0.6 is 11.3 Å². The van der Waals surface area contributed by atoms with E-state index in [1.54, 1.807) is 44.4 Å². The van der Waals surface area contributed by atoms with E-state index in [9.17, 15) is 26.4 Å². The van der Waals surface area contributed by atoms with Crippen molar-refractivity contribution in [1.29, 1.82) is 0 Å². The number of benzene rings is 2. The Morgan fingerprint density at radius 1 is 1.12 bits per heavy atom. The number of hydrogen-bond acceptors (Lipinski definition) is 7. The third kappa shape index (κ3) is 7.32. The van der Waals surface area contributed by atoms with E-state index in [0.29, 0.717) is 42.6 Å². The molecule has 43 heavy (non-hydrogen) atoms. The lowest BCUT2D eigenvalue weighted by atomic mass is 9.89. The molecule has 1 aliphatic heterocycles. The zero-order chi connectivity index (χ0) is 31.0. The molecule has 0 radical (unpaired) electrons. The second-order valence-electron chi connectivity index (χ2n) is 11.4. The lowest BCUT2D eigenvalue weighted by molar-refractivity contribution is -0.137. The minimum Gasteiger partial charge on any atom is -0.485 e. The van der Waals surface area contributed by atoms with Gasteiger partial charge >= 0.3 is 12.3 Å². The number of rotatable bonds is 6. The first-order chi connectivity index (χ1) is 20.2. The highest BCUT2D eigenvalue weighted by Gasteiger charge is 2.33. The van der Waals surface area contributed by atoms with Crippen LogP contribution < -0.4 is 9.46 Å². The number of sulfonamides is 1. The molecule has 2 aliphatic rings. The second kappa shape index (κ2) is 11.8. The average Bonchev–Trinajstić information content (AvgIpc) is 3.44. The van der Waals surface area contributed by atoms with Crippen molar-refractivity contribution in [2.24, 2.45) is 0 Å². The van der Waals surface area contributed by atoms with Crippen LogP contribution in [0, 0.1) is 0 Å². The number of halogens is 3. The van der Waals surface area contributed by atoms with Gasteiger partial charge in [0.25, 0.3) is 10.0 Å². The number of anilines is 1. The lowest BCUT2D eigenvalue weighted by Gasteiger charge is -2.31. The number of aryl methyl sites for hydroxylation is 1. The van der Waals surface area contributed by atoms with E-state index >= 15 is 0 Å². The fraction of sp³-hybridized carbons (Fsp3) is 0.400. The molecule has 0 bridgehead atoms. The summed E-state index contributed by atoms with van der Waals surface area (Å²) >= 11 is 1.17. The molecule has 2 aromatic carbocycles. The maximum Gasteiger partial charge on any atom is 0.416 e. The van der Waals surface area contributed by atoms with Gasteiger partial charge in [-0.25, -0.2) is 18.2 Å². The number of aromatic nitrogens is 1. The van der Waals surface area contributed by atoms with Gasteiger partial charge < -0.3 is 14.4 Å². The summed E-state index contributed by atoms with van der Waals surface area (Å²) in [6, 6.07) is 8.25. The highest BCUT2D eigenvalue weighted by Crippen LogP contribution is 2.41. The topological polar surface area (TPSA) is 97.8 Å². The molecule has 1 atom stereocenters. The molecule has 1 amide bonds. The molecular weight excluding hydrogens is 603 g/mol. The summed E-state index contributed by atoms with van der Waals surface area (Å²) in [6.45, 7) is 5.79. The molecule has 1 aromatic heterocycles. The van der Waals surface area contributed by atoms with Gasteiger partial charge in [-0.2, -0.15) is 13.2 Å². The summed E-state index contributed by atoms with van der Waals surface area (Å²) in [4.78, 5) is 18.1. The fourth-order valence-electron chi connectivity index (χ4n) is 5.10. The van der Waals surface area contributed by atoms with Crippen LogP contribution in [0.4, 0.5) is 23.1 Å². The Kier molecular flexibility index (Phi) is 8.50. The Hall–Kier alpha value is -3.58. The van der Waals surface area contributed by atoms with E-state index in [1.807, 2.05) is 0 Å². The van der Waals surface area contributed by atoms with Crippen molar-refractivity contribution in [2.75, 3.05) is 17.8 Å². The van der Waals surface area contributed by atoms with Crippen LogP contribution in [0.25, 0.3) is 5.57 Å². The molecule has 230 valence electrons. The molecule has 13 heteroatoms. The zero-order valence-corrected chi connectivity index (χ0v) is 25.5. The summed E-state index contributed by atoms with van der Waals surface area (Å²) < 4.78 is 81.3. The number of amides is 1. The van der Waals surface area contributed by atoms with Gasteiger partial charge in [-0.15, -0.1) is 11.3 Å². The molecule has 0 saturated heterocycles. The number of hydrogen-bond donors (Lipinski definition) is 1. The van der Waals surface area contributed by atoms with Gasteiger partial charge in [0, 0.05) is 30.2 Å². The smallest absolute Gasteiger partial charge is 0.416 e. The number of nitrogens with zero attached hydrogens (tertiary/aromatic N) is 2. The van der Waals surface area contributed by atoms with Gasteiger partial charge in [0.15, 0.2) is 5.13 Å². The first-order valence-electron chi connectivity index (χ1n) is 13.8. The second-order valence-corrected chi connectivity index (χ2v) is 14.0. The minimum absolute atomic E-state index is 0.0965. The SMILES string of the molecule is CC(C)(C)OC(=O)N1CC=C(c2cc(C(F)(F)F)ccc2OC2CCCc3cc(S(=O)(=O)Nc4nccs4)ccc32)CC1. The van der Waals surface area contributed by atoms with Gasteiger partial charge in [-0.05, 0) is 93.5 Å². The van der Waals surface area contributed by atoms with E-state index in [1.165, 1.54) is 34.6 Å². The van der Waals surface area contributed by atoms with Crippen molar-refractivity contribution in [2.45, 2.75) is 69.2 Å². The molecule has 1 unspecified atom stereocenters. The Bertz CT molecular complexity index is 1630. The molecule has 5 rings (SSSR count). The number of thiazole rings is 1. The third-order valence-electron chi connectivity index (χ3n) is 7.12. The van der Waals surface area contributed by atoms with Crippen molar-refractivity contribution in [3.63, 3.8) is 0 Å². The first-order valence-corrected chi connectivity index (χ1v) is 16.2. The van der Waals surface area contributed by atoms with Gasteiger partial charge in [0.2, 0.25) is 0 Å². The number of carbonyl (C=O) groups is 1. The van der Waals surface area contributed by atoms with Crippen LogP contribution in [0.15, 0.2) is 58.9 Å². The number of alkyl halides is 3. The van der Waals surface area contributed by atoms with Crippen LogP contribution in [-0.4, -0.2) is 43.1 Å². The van der Waals surface area contributed by atoms with Crippen LogP contribution in [0.5, 0.6) is 5.75 Å². The van der Waals surface area contributed by atoms with Crippen molar-refractivity contribution < 1.29 is 35.9 Å². The number of fused-ring (bicyclic) bond motifs is 1. The quantitative estimate of drug-likeness (QED) is 0.302. The van der Waals surface area contributed by atoms with E-state index in [-0.39, 0.29) is 23.1 Å². The van der Waals surface area contributed by atoms with Crippen LogP contribution in [0.3, 0.4) is 0 Å². The lowest BCUT2D eigenvalue weighted by Crippen LogP contribution is -2.39. The highest BCUT2D eigenvalue weighted by molar-refractivity contribution is 7.93. The largest absolute Gasteiger partial charge is 0.485 e. The summed E-state index contributed by atoms with van der Waals surface area (Å²) in [5, 5.41) is 1.93. The Morgan fingerprint density at radius 3 is 2.56 bits per heavy atom. The molecular formula is C30H32F3N3O5S2. The normalized spacial score (nSPS) is 17.6. The molecule has 0 fully saturated rings. The summed E-state index contributed by atoms with van der Waals surface area (Å²) in [7, 11) is -3.85. The first kappa shape index (κ1) is 30.9. The zero-order valence-electron chi connectivity index (χ0n) is 23.9. The van der Waals surface area contributed by atoms with E-state index in [2.05, 4.69) is 9.71 Å². The van der Waals surface area contributed by atoms with Gasteiger partial charge in [0.1, 0.15) is 17.5 Å². The van der Waals surface area contributed by atoms with E-state index in [0.717, 1.165) is 23.3 Å². The monoisotopic (exact) mass is 635 g/mol. The number of ether oxygens (including phenoxy) is 2. The van der Waals surface area contributed by atoms with E-state index in [4.69, 9.17) is 9.47 Å². The summed E-state index contributed by atoms with van der Waals surface area (Å²) in [6.07, 6.45) is 0.0251. The molecule has 2 heterocycles. The van der Waals surface area contributed by atoms with Crippen LogP contribution in [0.2, 0.25) is 0 Å². The fourth-order valence-corrected chi connectivity index (χ4v) is 6.94. The predicted molar refractivity (Wildman–Crippen MR) is 158 cm³/mol. The molecule has 0 spiro atoms.